The average Bonchev–Trinajstić information content (AvgIpc) is 3.50. The molecule has 2 aliphatic rings. The highest BCUT2D eigenvalue weighted by molar-refractivity contribution is 7.13. The number of thiazole rings is 1. The summed E-state index contributed by atoms with van der Waals surface area (Å²) in [6.45, 7) is 8.34. The van der Waals surface area contributed by atoms with Gasteiger partial charge in [0.25, 0.3) is 5.91 Å². The first-order valence-corrected chi connectivity index (χ1v) is 13.8. The van der Waals surface area contributed by atoms with Crippen LogP contribution in [0.3, 0.4) is 0 Å². The van der Waals surface area contributed by atoms with Gasteiger partial charge in [0.1, 0.15) is 10.9 Å². The van der Waals surface area contributed by atoms with E-state index < -0.39 is 6.04 Å². The Bertz CT molecular complexity index is 1340. The average molecular weight is 534 g/mol. The second kappa shape index (κ2) is 11.0. The summed E-state index contributed by atoms with van der Waals surface area (Å²) in [6, 6.07) is 6.64. The van der Waals surface area contributed by atoms with E-state index in [2.05, 4.69) is 39.3 Å². The van der Waals surface area contributed by atoms with E-state index in [9.17, 15) is 14.8 Å². The van der Waals surface area contributed by atoms with Crippen LogP contribution in [0, 0.1) is 19.1 Å². The molecular weight excluding hydrogens is 500 g/mol. The van der Waals surface area contributed by atoms with Gasteiger partial charge in [-0.3, -0.25) is 9.59 Å². The van der Waals surface area contributed by atoms with Crippen LogP contribution in [0.5, 0.6) is 0 Å². The molecule has 2 atom stereocenters. The zero-order chi connectivity index (χ0) is 26.8. The van der Waals surface area contributed by atoms with Crippen molar-refractivity contribution < 1.29 is 9.59 Å². The van der Waals surface area contributed by atoms with Crippen molar-refractivity contribution in [2.45, 2.75) is 45.6 Å². The number of allylic oxidation sites excluding steroid dienone is 1. The molecule has 1 aliphatic heterocycles. The van der Waals surface area contributed by atoms with Crippen molar-refractivity contribution in [2.24, 2.45) is 0 Å². The Morgan fingerprint density at radius 3 is 2.58 bits per heavy atom. The van der Waals surface area contributed by atoms with E-state index in [1.165, 1.54) is 16.9 Å². The summed E-state index contributed by atoms with van der Waals surface area (Å²) in [7, 11) is 0. The molecule has 0 saturated carbocycles. The van der Waals surface area contributed by atoms with Gasteiger partial charge in [-0.2, -0.15) is 0 Å². The Morgan fingerprint density at radius 2 is 1.92 bits per heavy atom. The lowest BCUT2D eigenvalue weighted by molar-refractivity contribution is -0.133. The predicted molar refractivity (Wildman–Crippen MR) is 152 cm³/mol. The summed E-state index contributed by atoms with van der Waals surface area (Å²) < 4.78 is 0. The lowest BCUT2D eigenvalue weighted by atomic mass is 9.88. The van der Waals surface area contributed by atoms with Crippen LogP contribution < -0.4 is 15.7 Å². The molecule has 2 aromatic heterocycles. The molecule has 10 heteroatoms. The summed E-state index contributed by atoms with van der Waals surface area (Å²) in [4.78, 5) is 39.5. The smallest absolute Gasteiger partial charge is 0.263 e. The molecule has 0 bridgehead atoms. The highest BCUT2D eigenvalue weighted by atomic mass is 32.1. The maximum absolute atomic E-state index is 13.9. The SMILES string of the molecule is Cc1nc(C)c(C(=O)N[C@@H](Cc2c[nH]c3c2C(C)CC=C3)C(=O)N2CCN(c3ccc(N[O-])cc3)CC2)s1. The zero-order valence-corrected chi connectivity index (χ0v) is 22.7. The molecule has 38 heavy (non-hydrogen) atoms. The van der Waals surface area contributed by atoms with Crippen LogP contribution in [0.25, 0.3) is 6.08 Å². The standard InChI is InChI=1S/C28H33N6O3S/c1-17-5-4-6-23-25(17)20(16-29-23)15-24(31-27(35)26-18(2)30-19(3)38-26)28(36)34-13-11-33(12-14-34)22-9-7-21(32-37)8-10-22/h4,6-10,16-17,24,29,32H,5,11-15H2,1-3H3,(H,31,35)/q-1/t17?,24-/m0/s1. The van der Waals surface area contributed by atoms with Crippen molar-refractivity contribution in [3.05, 3.63) is 74.1 Å². The van der Waals surface area contributed by atoms with Crippen LogP contribution in [0.4, 0.5) is 11.4 Å². The Balaban J connectivity index is 1.33. The van der Waals surface area contributed by atoms with E-state index in [-0.39, 0.29) is 11.8 Å². The normalized spacial score (nSPS) is 17.7. The van der Waals surface area contributed by atoms with Gasteiger partial charge in [0.05, 0.1) is 10.7 Å². The number of aryl methyl sites for hydroxylation is 2. The number of nitrogens with one attached hydrogen (secondary N) is 3. The van der Waals surface area contributed by atoms with Crippen molar-refractivity contribution in [1.82, 2.24) is 20.2 Å². The number of hydrogen-bond acceptors (Lipinski definition) is 7. The molecule has 1 saturated heterocycles. The number of nitrogens with zero attached hydrogens (tertiary/aromatic N) is 3. The molecule has 1 unspecified atom stereocenters. The van der Waals surface area contributed by atoms with E-state index in [0.717, 1.165) is 28.4 Å². The minimum Gasteiger partial charge on any atom is -0.761 e. The van der Waals surface area contributed by atoms with Gasteiger partial charge in [-0.05, 0) is 67.7 Å². The van der Waals surface area contributed by atoms with Gasteiger partial charge in [0.15, 0.2) is 0 Å². The molecular formula is C28H33N6O3S-. The van der Waals surface area contributed by atoms with Crippen molar-refractivity contribution >= 4 is 40.6 Å². The largest absolute Gasteiger partial charge is 0.761 e. The molecule has 3 aromatic rings. The quantitative estimate of drug-likeness (QED) is 0.392. The third-order valence-electron chi connectivity index (χ3n) is 7.38. The fourth-order valence-corrected chi connectivity index (χ4v) is 6.24. The van der Waals surface area contributed by atoms with Crippen molar-refractivity contribution in [2.75, 3.05) is 36.6 Å². The second-order valence-corrected chi connectivity index (χ2v) is 11.2. The molecule has 3 heterocycles. The van der Waals surface area contributed by atoms with Gasteiger partial charge >= 0.3 is 0 Å². The number of aromatic amines is 1. The number of carbonyl (C=O) groups is 2. The number of piperazine rings is 1. The number of carbonyl (C=O) groups excluding carboxylic acids is 2. The third-order valence-corrected chi connectivity index (χ3v) is 8.46. The highest BCUT2D eigenvalue weighted by Crippen LogP contribution is 2.33. The van der Waals surface area contributed by atoms with E-state index in [1.807, 2.05) is 42.6 Å². The number of anilines is 2. The summed E-state index contributed by atoms with van der Waals surface area (Å²) in [5.74, 6) is 0.0205. The van der Waals surface area contributed by atoms with E-state index in [0.29, 0.717) is 54.8 Å². The molecule has 2 amide bonds. The molecule has 3 N–H and O–H groups in total. The van der Waals surface area contributed by atoms with Crippen LogP contribution in [0.1, 0.15) is 56.5 Å². The number of fused-ring (bicyclic) bond motifs is 1. The van der Waals surface area contributed by atoms with Gasteiger partial charge in [-0.1, -0.05) is 13.0 Å². The molecule has 0 radical (unpaired) electrons. The number of benzene rings is 1. The maximum Gasteiger partial charge on any atom is 0.263 e. The topological polar surface area (TPSA) is 116 Å². The minimum atomic E-state index is -0.684. The first-order valence-electron chi connectivity index (χ1n) is 13.0. The van der Waals surface area contributed by atoms with Crippen LogP contribution in [0.15, 0.2) is 36.5 Å². The Hall–Kier alpha value is -3.63. The lowest BCUT2D eigenvalue weighted by Crippen LogP contribution is -2.55. The Labute approximate surface area is 226 Å². The molecule has 1 fully saturated rings. The Morgan fingerprint density at radius 1 is 1.18 bits per heavy atom. The van der Waals surface area contributed by atoms with Crippen LogP contribution in [0.2, 0.25) is 0 Å². The molecule has 1 aromatic carbocycles. The zero-order valence-electron chi connectivity index (χ0n) is 21.9. The van der Waals surface area contributed by atoms with E-state index in [4.69, 9.17) is 0 Å². The van der Waals surface area contributed by atoms with Crippen molar-refractivity contribution in [1.29, 1.82) is 0 Å². The molecule has 200 valence electrons. The predicted octanol–water partition coefficient (Wildman–Crippen LogP) is 4.21. The summed E-state index contributed by atoms with van der Waals surface area (Å²) in [5, 5.41) is 14.7. The molecule has 0 spiro atoms. The molecule has 1 aliphatic carbocycles. The fourth-order valence-electron chi connectivity index (χ4n) is 5.42. The summed E-state index contributed by atoms with van der Waals surface area (Å²) >= 11 is 1.35. The van der Waals surface area contributed by atoms with Crippen LogP contribution in [-0.4, -0.2) is 58.9 Å². The number of H-pyrrole nitrogens is 1. The number of rotatable bonds is 7. The second-order valence-electron chi connectivity index (χ2n) is 10.0. The van der Waals surface area contributed by atoms with Gasteiger partial charge in [0, 0.05) is 55.9 Å². The minimum absolute atomic E-state index is 0.0725. The molecule has 5 rings (SSSR count). The fraction of sp³-hybridized carbons (Fsp3) is 0.393. The van der Waals surface area contributed by atoms with Gasteiger partial charge in [-0.15, -0.1) is 11.3 Å². The number of amides is 2. The highest BCUT2D eigenvalue weighted by Gasteiger charge is 2.32. The van der Waals surface area contributed by atoms with Crippen molar-refractivity contribution in [3.63, 3.8) is 0 Å². The van der Waals surface area contributed by atoms with Crippen molar-refractivity contribution in [3.8, 4) is 0 Å². The van der Waals surface area contributed by atoms with Crippen LogP contribution in [-0.2, 0) is 11.2 Å². The van der Waals surface area contributed by atoms with Gasteiger partial charge < -0.3 is 30.8 Å². The summed E-state index contributed by atoms with van der Waals surface area (Å²) in [5.41, 5.74) is 7.48. The van der Waals surface area contributed by atoms with Gasteiger partial charge in [0.2, 0.25) is 5.91 Å². The first kappa shape index (κ1) is 26.0. The van der Waals surface area contributed by atoms with Crippen LogP contribution >= 0.6 is 11.3 Å². The molecule has 9 nitrogen and oxygen atoms in total. The number of aromatic nitrogens is 2. The van der Waals surface area contributed by atoms with Gasteiger partial charge in [-0.25, -0.2) is 4.98 Å². The maximum atomic E-state index is 13.9. The lowest BCUT2D eigenvalue weighted by Gasteiger charge is -2.38. The summed E-state index contributed by atoms with van der Waals surface area (Å²) in [6.07, 6.45) is 7.61. The third kappa shape index (κ3) is 5.32. The van der Waals surface area contributed by atoms with E-state index >= 15 is 0 Å². The monoisotopic (exact) mass is 533 g/mol. The Kier molecular flexibility index (Phi) is 7.53. The number of hydrogen-bond donors (Lipinski definition) is 3. The van der Waals surface area contributed by atoms with E-state index in [1.54, 1.807) is 12.1 Å². The first-order chi connectivity index (χ1) is 18.3.